The molecule has 0 aliphatic heterocycles. The van der Waals surface area contributed by atoms with Crippen molar-refractivity contribution in [3.8, 4) is 5.75 Å². The number of aryl methyl sites for hydroxylation is 1. The normalized spacial score (nSPS) is 10.2. The Bertz CT molecular complexity index is 543. The van der Waals surface area contributed by atoms with Crippen LogP contribution in [0.3, 0.4) is 0 Å². The molecule has 0 saturated carbocycles. The Balaban J connectivity index is 2.15. The summed E-state index contributed by atoms with van der Waals surface area (Å²) in [6.07, 6.45) is 1.79. The number of nitrogens with one attached hydrogen (secondary N) is 1. The molecule has 0 aliphatic carbocycles. The molecule has 2 rings (SSSR count). The maximum absolute atomic E-state index is 5.98. The van der Waals surface area contributed by atoms with Crippen LogP contribution in [-0.4, -0.2) is 12.1 Å². The maximum atomic E-state index is 5.98. The summed E-state index contributed by atoms with van der Waals surface area (Å²) >= 11 is 5.98. The van der Waals surface area contributed by atoms with Gasteiger partial charge in [-0.05, 0) is 36.8 Å². The van der Waals surface area contributed by atoms with Crippen molar-refractivity contribution in [1.82, 2.24) is 4.98 Å². The second-order valence-corrected chi connectivity index (χ2v) is 4.40. The minimum atomic E-state index is 0.642. The lowest BCUT2D eigenvalue weighted by atomic mass is 10.2. The fourth-order valence-electron chi connectivity index (χ4n) is 1.70. The summed E-state index contributed by atoms with van der Waals surface area (Å²) in [5.41, 5.74) is 3.04. The van der Waals surface area contributed by atoms with Gasteiger partial charge in [-0.25, -0.2) is 0 Å². The van der Waals surface area contributed by atoms with Crippen LogP contribution in [0.4, 0.5) is 5.69 Å². The van der Waals surface area contributed by atoms with E-state index in [9.17, 15) is 0 Å². The van der Waals surface area contributed by atoms with Crippen LogP contribution in [-0.2, 0) is 6.54 Å². The first kappa shape index (κ1) is 12.7. The van der Waals surface area contributed by atoms with E-state index in [0.29, 0.717) is 11.6 Å². The van der Waals surface area contributed by atoms with Crippen molar-refractivity contribution in [3.63, 3.8) is 0 Å². The largest absolute Gasteiger partial charge is 0.495 e. The fourth-order valence-corrected chi connectivity index (χ4v) is 1.87. The summed E-state index contributed by atoms with van der Waals surface area (Å²) < 4.78 is 5.28. The zero-order valence-corrected chi connectivity index (χ0v) is 11.2. The van der Waals surface area contributed by atoms with Crippen molar-refractivity contribution in [2.75, 3.05) is 12.4 Å². The number of anilines is 1. The number of benzene rings is 1. The third-order valence-electron chi connectivity index (χ3n) is 2.73. The predicted molar refractivity (Wildman–Crippen MR) is 74.3 cm³/mol. The average molecular weight is 263 g/mol. The molecule has 0 aliphatic rings. The molecular weight excluding hydrogens is 248 g/mol. The lowest BCUT2D eigenvalue weighted by Crippen LogP contribution is -2.04. The van der Waals surface area contributed by atoms with E-state index in [1.165, 1.54) is 0 Å². The van der Waals surface area contributed by atoms with Crippen molar-refractivity contribution in [2.45, 2.75) is 13.5 Å². The minimum Gasteiger partial charge on any atom is -0.495 e. The Morgan fingerprint density at radius 3 is 2.89 bits per heavy atom. The number of hydrogen-bond donors (Lipinski definition) is 1. The van der Waals surface area contributed by atoms with Gasteiger partial charge >= 0.3 is 0 Å². The number of nitrogens with zero attached hydrogens (tertiary/aromatic N) is 1. The number of pyridine rings is 1. The SMILES string of the molecule is COc1ccc(Cl)cc1NCc1ncccc1C. The highest BCUT2D eigenvalue weighted by Crippen LogP contribution is 2.28. The standard InChI is InChI=1S/C14H15ClN2O/c1-10-4-3-7-16-13(10)9-17-12-8-11(15)5-6-14(12)18-2/h3-8,17H,9H2,1-2H3. The third kappa shape index (κ3) is 2.93. The van der Waals surface area contributed by atoms with Gasteiger partial charge in [-0.1, -0.05) is 17.7 Å². The minimum absolute atomic E-state index is 0.642. The van der Waals surface area contributed by atoms with Gasteiger partial charge in [0, 0.05) is 11.2 Å². The fraction of sp³-hybridized carbons (Fsp3) is 0.214. The highest BCUT2D eigenvalue weighted by atomic mass is 35.5. The molecule has 2 aromatic rings. The molecule has 0 unspecified atom stereocenters. The topological polar surface area (TPSA) is 34.1 Å². The number of methoxy groups -OCH3 is 1. The first-order valence-corrected chi connectivity index (χ1v) is 6.06. The number of aromatic nitrogens is 1. The first-order valence-electron chi connectivity index (χ1n) is 5.68. The molecule has 0 spiro atoms. The quantitative estimate of drug-likeness (QED) is 0.913. The number of hydrogen-bond acceptors (Lipinski definition) is 3. The molecule has 0 amide bonds. The van der Waals surface area contributed by atoms with Crippen LogP contribution in [0.5, 0.6) is 5.75 Å². The van der Waals surface area contributed by atoms with Gasteiger partial charge < -0.3 is 10.1 Å². The van der Waals surface area contributed by atoms with Gasteiger partial charge in [0.15, 0.2) is 0 Å². The molecule has 18 heavy (non-hydrogen) atoms. The summed E-state index contributed by atoms with van der Waals surface area (Å²) in [4.78, 5) is 4.33. The van der Waals surface area contributed by atoms with E-state index in [2.05, 4.69) is 10.3 Å². The Labute approximate surface area is 112 Å². The summed E-state index contributed by atoms with van der Waals surface area (Å²) in [5.74, 6) is 0.771. The number of ether oxygens (including phenoxy) is 1. The van der Waals surface area contributed by atoms with Crippen LogP contribution in [0.1, 0.15) is 11.3 Å². The van der Waals surface area contributed by atoms with E-state index in [4.69, 9.17) is 16.3 Å². The van der Waals surface area contributed by atoms with Gasteiger partial charge in [-0.15, -0.1) is 0 Å². The molecule has 0 bridgehead atoms. The Morgan fingerprint density at radius 1 is 1.33 bits per heavy atom. The molecule has 94 valence electrons. The van der Waals surface area contributed by atoms with Gasteiger partial charge in [0.1, 0.15) is 5.75 Å². The Hall–Kier alpha value is -1.74. The predicted octanol–water partition coefficient (Wildman–Crippen LogP) is 3.66. The second kappa shape index (κ2) is 5.74. The van der Waals surface area contributed by atoms with Crippen molar-refractivity contribution >= 4 is 17.3 Å². The molecule has 1 aromatic heterocycles. The lowest BCUT2D eigenvalue weighted by Gasteiger charge is -2.12. The van der Waals surface area contributed by atoms with Gasteiger partial charge in [0.05, 0.1) is 25.0 Å². The van der Waals surface area contributed by atoms with Crippen LogP contribution >= 0.6 is 11.6 Å². The van der Waals surface area contributed by atoms with E-state index in [1.807, 2.05) is 31.2 Å². The molecule has 0 radical (unpaired) electrons. The van der Waals surface area contributed by atoms with Crippen molar-refractivity contribution in [3.05, 3.63) is 52.8 Å². The molecule has 1 N–H and O–H groups in total. The van der Waals surface area contributed by atoms with Gasteiger partial charge in [0.25, 0.3) is 0 Å². The Morgan fingerprint density at radius 2 is 2.17 bits per heavy atom. The van der Waals surface area contributed by atoms with Crippen LogP contribution in [0, 0.1) is 6.92 Å². The molecule has 4 heteroatoms. The average Bonchev–Trinajstić information content (AvgIpc) is 2.38. The highest BCUT2D eigenvalue weighted by Gasteiger charge is 2.05. The molecule has 1 aromatic carbocycles. The van der Waals surface area contributed by atoms with Crippen LogP contribution in [0.15, 0.2) is 36.5 Å². The van der Waals surface area contributed by atoms with Gasteiger partial charge in [-0.3, -0.25) is 4.98 Å². The van der Waals surface area contributed by atoms with E-state index in [1.54, 1.807) is 19.4 Å². The van der Waals surface area contributed by atoms with E-state index >= 15 is 0 Å². The van der Waals surface area contributed by atoms with Crippen molar-refractivity contribution in [1.29, 1.82) is 0 Å². The first-order chi connectivity index (χ1) is 8.70. The summed E-state index contributed by atoms with van der Waals surface area (Å²) in [6.45, 7) is 2.68. The highest BCUT2D eigenvalue weighted by molar-refractivity contribution is 6.30. The molecule has 1 heterocycles. The summed E-state index contributed by atoms with van der Waals surface area (Å²) in [7, 11) is 1.64. The zero-order valence-electron chi connectivity index (χ0n) is 10.4. The monoisotopic (exact) mass is 262 g/mol. The van der Waals surface area contributed by atoms with Gasteiger partial charge in [0.2, 0.25) is 0 Å². The van der Waals surface area contributed by atoms with Gasteiger partial charge in [-0.2, -0.15) is 0 Å². The molecule has 0 fully saturated rings. The third-order valence-corrected chi connectivity index (χ3v) is 2.96. The lowest BCUT2D eigenvalue weighted by molar-refractivity contribution is 0.416. The molecule has 0 atom stereocenters. The molecule has 0 saturated heterocycles. The van der Waals surface area contributed by atoms with E-state index < -0.39 is 0 Å². The summed E-state index contributed by atoms with van der Waals surface area (Å²) in [5, 5.41) is 3.97. The van der Waals surface area contributed by atoms with E-state index in [0.717, 1.165) is 22.7 Å². The van der Waals surface area contributed by atoms with Crippen LogP contribution in [0.2, 0.25) is 5.02 Å². The zero-order chi connectivity index (χ0) is 13.0. The van der Waals surface area contributed by atoms with Crippen molar-refractivity contribution < 1.29 is 4.74 Å². The summed E-state index contributed by atoms with van der Waals surface area (Å²) in [6, 6.07) is 9.46. The smallest absolute Gasteiger partial charge is 0.142 e. The molecular formula is C14H15ClN2O. The van der Waals surface area contributed by atoms with Crippen LogP contribution < -0.4 is 10.1 Å². The van der Waals surface area contributed by atoms with Crippen LogP contribution in [0.25, 0.3) is 0 Å². The number of halogens is 1. The Kier molecular flexibility index (Phi) is 4.05. The molecule has 3 nitrogen and oxygen atoms in total. The van der Waals surface area contributed by atoms with E-state index in [-0.39, 0.29) is 0 Å². The second-order valence-electron chi connectivity index (χ2n) is 3.97. The van der Waals surface area contributed by atoms with Crippen molar-refractivity contribution in [2.24, 2.45) is 0 Å². The number of rotatable bonds is 4. The maximum Gasteiger partial charge on any atom is 0.142 e.